The summed E-state index contributed by atoms with van der Waals surface area (Å²) in [7, 11) is 1.62. The number of rotatable bonds is 10. The van der Waals surface area contributed by atoms with E-state index in [1.807, 2.05) is 60.4 Å². The lowest BCUT2D eigenvalue weighted by molar-refractivity contribution is -0.143. The number of nitrogens with one attached hydrogen (secondary N) is 1. The minimum Gasteiger partial charge on any atom is -0.496 e. The van der Waals surface area contributed by atoms with Gasteiger partial charge in [0.05, 0.1) is 24.8 Å². The summed E-state index contributed by atoms with van der Waals surface area (Å²) < 4.78 is 11.3. The van der Waals surface area contributed by atoms with Crippen LogP contribution in [0.3, 0.4) is 0 Å². The van der Waals surface area contributed by atoms with E-state index in [1.54, 1.807) is 13.4 Å². The fraction of sp³-hybridized carbons (Fsp3) is 0.414. The molecule has 2 aromatic carbocycles. The van der Waals surface area contributed by atoms with Crippen LogP contribution in [0.15, 0.2) is 59.2 Å². The number of nitrogens with zero attached hydrogens (tertiary/aromatic N) is 2. The summed E-state index contributed by atoms with van der Waals surface area (Å²) in [5.74, 6) is 0.959. The molecule has 36 heavy (non-hydrogen) atoms. The number of oxazole rings is 1. The highest BCUT2D eigenvalue weighted by molar-refractivity contribution is 5.85. The number of hydrogen-bond donors (Lipinski definition) is 1. The molecule has 0 unspecified atom stereocenters. The zero-order valence-corrected chi connectivity index (χ0v) is 21.3. The van der Waals surface area contributed by atoms with E-state index in [1.165, 1.54) is 5.56 Å². The molecule has 1 aliphatic heterocycles. The molecule has 1 N–H and O–H groups in total. The molecule has 7 nitrogen and oxygen atoms in total. The van der Waals surface area contributed by atoms with Gasteiger partial charge in [0.1, 0.15) is 12.0 Å². The van der Waals surface area contributed by atoms with E-state index in [4.69, 9.17) is 9.15 Å². The van der Waals surface area contributed by atoms with Crippen molar-refractivity contribution in [2.45, 2.75) is 52.0 Å². The molecule has 0 bridgehead atoms. The monoisotopic (exact) mass is 489 g/mol. The topological polar surface area (TPSA) is 84.7 Å². The van der Waals surface area contributed by atoms with Gasteiger partial charge in [-0.3, -0.25) is 9.59 Å². The summed E-state index contributed by atoms with van der Waals surface area (Å²) in [6.07, 6.45) is 4.95. The highest BCUT2D eigenvalue weighted by atomic mass is 16.5. The number of benzene rings is 2. The number of methoxy groups -OCH3 is 1. The molecule has 0 aliphatic carbocycles. The largest absolute Gasteiger partial charge is 0.496 e. The predicted molar refractivity (Wildman–Crippen MR) is 138 cm³/mol. The molecule has 1 saturated heterocycles. The Balaban J connectivity index is 1.46. The quantitative estimate of drug-likeness (QED) is 0.428. The van der Waals surface area contributed by atoms with Crippen LogP contribution in [0.1, 0.15) is 55.5 Å². The third kappa shape index (κ3) is 5.78. The van der Waals surface area contributed by atoms with Crippen LogP contribution in [0.2, 0.25) is 0 Å². The van der Waals surface area contributed by atoms with Crippen molar-refractivity contribution in [1.29, 1.82) is 0 Å². The Hall–Kier alpha value is -3.61. The number of carbonyl (C=O) groups excluding carboxylic acids is 2. The molecule has 4 rings (SSSR count). The first-order valence-electron chi connectivity index (χ1n) is 12.7. The SMILES string of the molecule is CCCCN1C(=O)CC[C@H](C(=O)NCCc2coc(-c3ccc(C)cc3)n2)[C@@H]1c1ccccc1OC. The standard InChI is InChI=1S/C29H35N3O4/c1-4-5-18-32-26(33)15-14-24(27(32)23-8-6-7-9-25(23)35-3)28(34)30-17-16-22-19-36-29(31-22)21-12-10-20(2)11-13-21/h6-13,19,24,27H,4-5,14-18H2,1-3H3,(H,30,34)/t24-,27-/m0/s1. The van der Waals surface area contributed by atoms with Gasteiger partial charge in [0, 0.05) is 37.1 Å². The summed E-state index contributed by atoms with van der Waals surface area (Å²) >= 11 is 0. The highest BCUT2D eigenvalue weighted by Crippen LogP contribution is 2.40. The molecular formula is C29H35N3O4. The number of ether oxygens (including phenoxy) is 1. The van der Waals surface area contributed by atoms with Crippen molar-refractivity contribution in [3.8, 4) is 17.2 Å². The van der Waals surface area contributed by atoms with Gasteiger partial charge in [0.2, 0.25) is 17.7 Å². The van der Waals surface area contributed by atoms with Crippen molar-refractivity contribution in [1.82, 2.24) is 15.2 Å². The number of piperidine rings is 1. The molecule has 0 saturated carbocycles. The number of hydrogen-bond acceptors (Lipinski definition) is 5. The molecule has 0 radical (unpaired) electrons. The van der Waals surface area contributed by atoms with Gasteiger partial charge in [0.25, 0.3) is 0 Å². The number of aryl methyl sites for hydroxylation is 1. The normalized spacial score (nSPS) is 17.8. The highest BCUT2D eigenvalue weighted by Gasteiger charge is 2.41. The Bertz CT molecular complexity index is 1170. The van der Waals surface area contributed by atoms with Gasteiger partial charge in [0.15, 0.2) is 0 Å². The number of amides is 2. The molecule has 1 aromatic heterocycles. The average molecular weight is 490 g/mol. The van der Waals surface area contributed by atoms with Crippen molar-refractivity contribution in [2.24, 2.45) is 5.92 Å². The lowest BCUT2D eigenvalue weighted by atomic mass is 9.83. The maximum atomic E-state index is 13.4. The first kappa shape index (κ1) is 25.5. The Morgan fingerprint density at radius 3 is 2.72 bits per heavy atom. The number of likely N-dealkylation sites (tertiary alicyclic amines) is 1. The van der Waals surface area contributed by atoms with Crippen LogP contribution < -0.4 is 10.1 Å². The van der Waals surface area contributed by atoms with Gasteiger partial charge in [-0.25, -0.2) is 4.98 Å². The van der Waals surface area contributed by atoms with Crippen LogP contribution >= 0.6 is 0 Å². The molecular weight excluding hydrogens is 454 g/mol. The minimum absolute atomic E-state index is 0.0536. The number of unbranched alkanes of at least 4 members (excludes halogenated alkanes) is 1. The Morgan fingerprint density at radius 1 is 1.19 bits per heavy atom. The van der Waals surface area contributed by atoms with Gasteiger partial charge >= 0.3 is 0 Å². The van der Waals surface area contributed by atoms with E-state index < -0.39 is 0 Å². The average Bonchev–Trinajstić information content (AvgIpc) is 3.37. The Kier molecular flexibility index (Phi) is 8.41. The summed E-state index contributed by atoms with van der Waals surface area (Å²) in [4.78, 5) is 32.8. The zero-order valence-electron chi connectivity index (χ0n) is 21.3. The maximum absolute atomic E-state index is 13.4. The molecule has 7 heteroatoms. The van der Waals surface area contributed by atoms with Crippen LogP contribution in [-0.4, -0.2) is 41.9 Å². The molecule has 2 amide bonds. The third-order valence-electron chi connectivity index (χ3n) is 6.78. The fourth-order valence-corrected chi connectivity index (χ4v) is 4.81. The van der Waals surface area contributed by atoms with Crippen LogP contribution in [0, 0.1) is 12.8 Å². The lowest BCUT2D eigenvalue weighted by Gasteiger charge is -2.41. The second-order valence-corrected chi connectivity index (χ2v) is 9.32. The third-order valence-corrected chi connectivity index (χ3v) is 6.78. The Morgan fingerprint density at radius 2 is 1.97 bits per heavy atom. The second-order valence-electron chi connectivity index (χ2n) is 9.32. The fourth-order valence-electron chi connectivity index (χ4n) is 4.81. The van der Waals surface area contributed by atoms with Crippen molar-refractivity contribution in [2.75, 3.05) is 20.2 Å². The molecule has 190 valence electrons. The van der Waals surface area contributed by atoms with E-state index >= 15 is 0 Å². The van der Waals surface area contributed by atoms with E-state index in [0.717, 1.165) is 29.7 Å². The molecule has 2 atom stereocenters. The van der Waals surface area contributed by atoms with Crippen LogP contribution in [0.25, 0.3) is 11.5 Å². The zero-order chi connectivity index (χ0) is 25.5. The predicted octanol–water partition coefficient (Wildman–Crippen LogP) is 5.10. The van der Waals surface area contributed by atoms with Crippen molar-refractivity contribution in [3.63, 3.8) is 0 Å². The van der Waals surface area contributed by atoms with Crippen LogP contribution in [0.4, 0.5) is 0 Å². The van der Waals surface area contributed by atoms with E-state index in [9.17, 15) is 9.59 Å². The van der Waals surface area contributed by atoms with Gasteiger partial charge in [-0.15, -0.1) is 0 Å². The van der Waals surface area contributed by atoms with Crippen LogP contribution in [0.5, 0.6) is 5.75 Å². The first-order chi connectivity index (χ1) is 17.5. The smallest absolute Gasteiger partial charge is 0.226 e. The summed E-state index contributed by atoms with van der Waals surface area (Å²) in [5.41, 5.74) is 3.77. The second kappa shape index (κ2) is 11.9. The van der Waals surface area contributed by atoms with E-state index in [-0.39, 0.29) is 23.8 Å². The van der Waals surface area contributed by atoms with Crippen molar-refractivity contribution >= 4 is 11.8 Å². The number of aromatic nitrogens is 1. The first-order valence-corrected chi connectivity index (χ1v) is 12.7. The van der Waals surface area contributed by atoms with E-state index in [2.05, 4.69) is 17.2 Å². The van der Waals surface area contributed by atoms with Crippen molar-refractivity contribution in [3.05, 3.63) is 71.6 Å². The lowest BCUT2D eigenvalue weighted by Crippen LogP contribution is -2.48. The summed E-state index contributed by atoms with van der Waals surface area (Å²) in [5, 5.41) is 3.09. The maximum Gasteiger partial charge on any atom is 0.226 e. The summed E-state index contributed by atoms with van der Waals surface area (Å²) in [6.45, 7) is 5.21. The Labute approximate surface area is 212 Å². The number of para-hydroxylation sites is 1. The molecule has 0 spiro atoms. The minimum atomic E-state index is -0.353. The molecule has 1 aliphatic rings. The summed E-state index contributed by atoms with van der Waals surface area (Å²) in [6, 6.07) is 15.3. The molecule has 3 aromatic rings. The van der Waals surface area contributed by atoms with Crippen molar-refractivity contribution < 1.29 is 18.7 Å². The van der Waals surface area contributed by atoms with Crippen LogP contribution in [-0.2, 0) is 16.0 Å². The molecule has 2 heterocycles. The van der Waals surface area contributed by atoms with Gasteiger partial charge in [-0.2, -0.15) is 0 Å². The van der Waals surface area contributed by atoms with Gasteiger partial charge in [-0.05, 0) is 38.0 Å². The number of carbonyl (C=O) groups is 2. The van der Waals surface area contributed by atoms with Gasteiger partial charge < -0.3 is 19.4 Å². The van der Waals surface area contributed by atoms with E-state index in [0.29, 0.717) is 44.0 Å². The molecule has 1 fully saturated rings. The van der Waals surface area contributed by atoms with Gasteiger partial charge in [-0.1, -0.05) is 49.2 Å².